The minimum Gasteiger partial charge on any atom is -0.493 e. The van der Waals surface area contributed by atoms with E-state index >= 15 is 0 Å². The van der Waals surface area contributed by atoms with E-state index in [4.69, 9.17) is 4.74 Å². The van der Waals surface area contributed by atoms with E-state index < -0.39 is 0 Å². The Balaban J connectivity index is 1.83. The van der Waals surface area contributed by atoms with Crippen LogP contribution in [0.5, 0.6) is 5.75 Å². The van der Waals surface area contributed by atoms with Gasteiger partial charge >= 0.3 is 0 Å². The molecule has 92 valence electrons. The van der Waals surface area contributed by atoms with Crippen molar-refractivity contribution in [2.24, 2.45) is 0 Å². The van der Waals surface area contributed by atoms with E-state index in [9.17, 15) is 0 Å². The van der Waals surface area contributed by atoms with Crippen LogP contribution in [-0.4, -0.2) is 13.3 Å². The third kappa shape index (κ3) is 3.66. The molecule has 0 amide bonds. The third-order valence-corrected chi connectivity index (χ3v) is 3.05. The molecule has 0 N–H and O–H groups in total. The summed E-state index contributed by atoms with van der Waals surface area (Å²) in [5, 5.41) is 0. The maximum atomic E-state index is 5.74. The molecule has 0 heterocycles. The van der Waals surface area contributed by atoms with E-state index in [1.807, 2.05) is 6.07 Å². The summed E-state index contributed by atoms with van der Waals surface area (Å²) < 4.78 is 5.74. The second-order valence-electron chi connectivity index (χ2n) is 4.81. The zero-order chi connectivity index (χ0) is 12.8. The zero-order valence-electron chi connectivity index (χ0n) is 11.1. The summed E-state index contributed by atoms with van der Waals surface area (Å²) >= 11 is 0. The molecule has 0 atom stereocenters. The highest BCUT2D eigenvalue weighted by Crippen LogP contribution is 2.09. The van der Waals surface area contributed by atoms with Gasteiger partial charge in [0.2, 0.25) is 0 Å². The first-order valence-corrected chi connectivity index (χ1v) is 6.52. The predicted molar refractivity (Wildman–Crippen MR) is 79.2 cm³/mol. The van der Waals surface area contributed by atoms with Crippen molar-refractivity contribution in [3.8, 4) is 5.75 Å². The van der Waals surface area contributed by atoms with Gasteiger partial charge < -0.3 is 4.74 Å². The fourth-order valence-electron chi connectivity index (χ4n) is 1.88. The smallest absolute Gasteiger partial charge is 0.169 e. The van der Waals surface area contributed by atoms with Gasteiger partial charge in [0.25, 0.3) is 0 Å². The molecule has 1 nitrogen and oxygen atoms in total. The summed E-state index contributed by atoms with van der Waals surface area (Å²) in [6.07, 6.45) is 0.951. The standard InChI is InChI=1S/C16H19BO/c1-17(2)15-8-10-16(11-9-15)18-13-12-14-6-4-3-5-7-14/h3-11H,12-13H2,1-2H3. The van der Waals surface area contributed by atoms with Crippen LogP contribution in [0.15, 0.2) is 54.6 Å². The maximum Gasteiger partial charge on any atom is 0.169 e. The van der Waals surface area contributed by atoms with Gasteiger partial charge in [0.05, 0.1) is 6.61 Å². The minimum absolute atomic E-state index is 0.573. The Bertz CT molecular complexity index is 462. The lowest BCUT2D eigenvalue weighted by Crippen LogP contribution is -2.21. The number of hydrogen-bond acceptors (Lipinski definition) is 1. The van der Waals surface area contributed by atoms with Gasteiger partial charge in [-0.05, 0) is 17.7 Å². The molecule has 0 aliphatic heterocycles. The van der Waals surface area contributed by atoms with Gasteiger partial charge in [-0.3, -0.25) is 0 Å². The van der Waals surface area contributed by atoms with E-state index in [-0.39, 0.29) is 0 Å². The molecule has 2 rings (SSSR count). The Morgan fingerprint density at radius 3 is 2.17 bits per heavy atom. The zero-order valence-corrected chi connectivity index (χ0v) is 11.1. The molecule has 0 aliphatic carbocycles. The van der Waals surface area contributed by atoms with Crippen LogP contribution in [-0.2, 0) is 6.42 Å². The first kappa shape index (κ1) is 12.8. The van der Waals surface area contributed by atoms with Crippen LogP contribution in [0.1, 0.15) is 5.56 Å². The topological polar surface area (TPSA) is 9.23 Å². The summed E-state index contributed by atoms with van der Waals surface area (Å²) in [6.45, 7) is 5.70. The molecule has 2 heteroatoms. The van der Waals surface area contributed by atoms with Gasteiger partial charge in [-0.15, -0.1) is 0 Å². The molecule has 0 spiro atoms. The third-order valence-electron chi connectivity index (χ3n) is 3.05. The minimum atomic E-state index is 0.573. The first-order valence-electron chi connectivity index (χ1n) is 6.52. The molecule has 0 bridgehead atoms. The Labute approximate surface area is 110 Å². The molecule has 2 aromatic carbocycles. The summed E-state index contributed by atoms with van der Waals surface area (Å²) in [6, 6.07) is 18.8. The van der Waals surface area contributed by atoms with Crippen molar-refractivity contribution in [2.75, 3.05) is 6.61 Å². The molecule has 0 radical (unpaired) electrons. The molecule has 18 heavy (non-hydrogen) atoms. The average Bonchev–Trinajstić information content (AvgIpc) is 2.40. The summed E-state index contributed by atoms with van der Waals surface area (Å²) in [7, 11) is 0. The highest BCUT2D eigenvalue weighted by molar-refractivity contribution is 6.70. The predicted octanol–water partition coefficient (Wildman–Crippen LogP) is 3.27. The van der Waals surface area contributed by atoms with Crippen LogP contribution in [0.25, 0.3) is 0 Å². The van der Waals surface area contributed by atoms with Gasteiger partial charge in [0, 0.05) is 6.42 Å². The highest BCUT2D eigenvalue weighted by atomic mass is 16.5. The van der Waals surface area contributed by atoms with E-state index in [0.29, 0.717) is 6.71 Å². The SMILES string of the molecule is CB(C)c1ccc(OCCc2ccccc2)cc1. The molecule has 0 aliphatic rings. The lowest BCUT2D eigenvalue weighted by Gasteiger charge is -2.08. The van der Waals surface area contributed by atoms with Gasteiger partial charge in [0.15, 0.2) is 6.71 Å². The number of ether oxygens (including phenoxy) is 1. The van der Waals surface area contributed by atoms with Gasteiger partial charge in [-0.2, -0.15) is 0 Å². The average molecular weight is 238 g/mol. The molecule has 0 aromatic heterocycles. The lowest BCUT2D eigenvalue weighted by molar-refractivity contribution is 0.322. The van der Waals surface area contributed by atoms with Crippen molar-refractivity contribution in [3.05, 3.63) is 60.2 Å². The summed E-state index contributed by atoms with van der Waals surface area (Å²) in [4.78, 5) is 0. The molecule has 0 unspecified atom stereocenters. The van der Waals surface area contributed by atoms with Crippen molar-refractivity contribution >= 4 is 12.2 Å². The molecule has 0 saturated heterocycles. The van der Waals surface area contributed by atoms with Crippen LogP contribution in [0.4, 0.5) is 0 Å². The van der Waals surface area contributed by atoms with Crippen LogP contribution in [0.2, 0.25) is 13.6 Å². The number of rotatable bonds is 5. The fraction of sp³-hybridized carbons (Fsp3) is 0.250. The van der Waals surface area contributed by atoms with Crippen LogP contribution in [0.3, 0.4) is 0 Å². The van der Waals surface area contributed by atoms with E-state index in [1.165, 1.54) is 11.0 Å². The second-order valence-corrected chi connectivity index (χ2v) is 4.81. The van der Waals surface area contributed by atoms with E-state index in [0.717, 1.165) is 18.8 Å². The highest BCUT2D eigenvalue weighted by Gasteiger charge is 2.02. The fourth-order valence-corrected chi connectivity index (χ4v) is 1.88. The summed E-state index contributed by atoms with van der Waals surface area (Å²) in [5.41, 5.74) is 2.67. The summed E-state index contributed by atoms with van der Waals surface area (Å²) in [5.74, 6) is 0.954. The quantitative estimate of drug-likeness (QED) is 0.726. The normalized spacial score (nSPS) is 10.1. The van der Waals surface area contributed by atoms with Crippen LogP contribution < -0.4 is 10.2 Å². The monoisotopic (exact) mass is 238 g/mol. The Morgan fingerprint density at radius 1 is 0.889 bits per heavy atom. The van der Waals surface area contributed by atoms with Gasteiger partial charge in [0.1, 0.15) is 5.75 Å². The van der Waals surface area contributed by atoms with Crippen LogP contribution in [0, 0.1) is 0 Å². The molecular weight excluding hydrogens is 219 g/mol. The van der Waals surface area contributed by atoms with Crippen LogP contribution >= 0.6 is 0 Å². The first-order chi connectivity index (χ1) is 8.75. The molecule has 0 fully saturated rings. The largest absolute Gasteiger partial charge is 0.493 e. The Hall–Kier alpha value is -1.70. The van der Waals surface area contributed by atoms with Gasteiger partial charge in [-0.25, -0.2) is 0 Å². The lowest BCUT2D eigenvalue weighted by atomic mass is 9.49. The van der Waals surface area contributed by atoms with Crippen molar-refractivity contribution in [2.45, 2.75) is 20.1 Å². The number of benzene rings is 2. The van der Waals surface area contributed by atoms with Crippen molar-refractivity contribution in [3.63, 3.8) is 0 Å². The maximum absolute atomic E-state index is 5.74. The van der Waals surface area contributed by atoms with Crippen molar-refractivity contribution < 1.29 is 4.74 Å². The Kier molecular flexibility index (Phi) is 4.46. The van der Waals surface area contributed by atoms with E-state index in [1.54, 1.807) is 0 Å². The van der Waals surface area contributed by atoms with Gasteiger partial charge in [-0.1, -0.05) is 61.6 Å². The van der Waals surface area contributed by atoms with E-state index in [2.05, 4.69) is 62.2 Å². The van der Waals surface area contributed by atoms with Crippen molar-refractivity contribution in [1.29, 1.82) is 0 Å². The molecule has 2 aromatic rings. The molecule has 0 saturated carbocycles. The van der Waals surface area contributed by atoms with Crippen molar-refractivity contribution in [1.82, 2.24) is 0 Å². The Morgan fingerprint density at radius 2 is 1.56 bits per heavy atom. The number of hydrogen-bond donors (Lipinski definition) is 0. The second kappa shape index (κ2) is 6.30. The molecular formula is C16H19BO.